The zero-order valence-corrected chi connectivity index (χ0v) is 31.8. The van der Waals surface area contributed by atoms with Gasteiger partial charge in [-0.15, -0.1) is 0 Å². The first-order chi connectivity index (χ1) is 24.2. The molecule has 280 valence electrons. The van der Waals surface area contributed by atoms with Crippen molar-refractivity contribution in [1.82, 2.24) is 10.2 Å². The lowest BCUT2D eigenvalue weighted by molar-refractivity contribution is -0.148. The second-order valence-electron chi connectivity index (χ2n) is 13.5. The van der Waals surface area contributed by atoms with Gasteiger partial charge in [-0.3, -0.25) is 13.8 Å². The fourth-order valence-electron chi connectivity index (χ4n) is 6.76. The molecule has 0 aromatic heterocycles. The van der Waals surface area contributed by atoms with Crippen molar-refractivity contribution in [3.8, 4) is 11.5 Å². The lowest BCUT2D eigenvalue weighted by Crippen LogP contribution is -2.63. The third kappa shape index (κ3) is 9.59. The molecule has 14 heteroatoms. The number of nitrogens with zero attached hydrogens (tertiary/aromatic N) is 3. The standard InChI is InChI=1S/C20H30N2O6S.C17H22N2O3/c1-13(2)17-19(26-4)22-18(20(21-17)27-5)16(11-12-28-29(6,23)24)14-7-9-15(25-3)10-8-14;1-10(2)14-17(21)19-9-8-13(15(19)16(20)18-14)11-4-6-12(22-3)7-5-11/h7-10,13,16-18H,11-12H2,1-6H3;4-7,10,13-15H,8-9H2,1-3H3,(H,18,20). The fourth-order valence-corrected chi connectivity index (χ4v) is 7.16. The van der Waals surface area contributed by atoms with Crippen LogP contribution in [0.25, 0.3) is 0 Å². The summed E-state index contributed by atoms with van der Waals surface area (Å²) in [4.78, 5) is 36.4. The number of aliphatic imine (C=N–C) groups is 2. The first-order valence-corrected chi connectivity index (χ1v) is 19.0. The molecule has 2 saturated heterocycles. The molecule has 2 aromatic rings. The van der Waals surface area contributed by atoms with Gasteiger partial charge in [-0.05, 0) is 60.1 Å². The van der Waals surface area contributed by atoms with Crippen molar-refractivity contribution in [2.24, 2.45) is 21.8 Å². The Bertz CT molecular complexity index is 1660. The lowest BCUT2D eigenvalue weighted by Gasteiger charge is -2.38. The third-order valence-corrected chi connectivity index (χ3v) is 10.1. The zero-order valence-electron chi connectivity index (χ0n) is 31.0. The van der Waals surface area contributed by atoms with Gasteiger partial charge in [0.25, 0.3) is 10.1 Å². The minimum absolute atomic E-state index is 0.0223. The Morgan fingerprint density at radius 2 is 1.35 bits per heavy atom. The normalized spacial score (nSPS) is 23.7. The van der Waals surface area contributed by atoms with E-state index >= 15 is 0 Å². The molecule has 13 nitrogen and oxygen atoms in total. The number of benzene rings is 2. The summed E-state index contributed by atoms with van der Waals surface area (Å²) in [7, 11) is 2.83. The quantitative estimate of drug-likeness (QED) is 0.336. The van der Waals surface area contributed by atoms with Crippen molar-refractivity contribution < 1.29 is 41.1 Å². The lowest BCUT2D eigenvalue weighted by atomic mass is 9.87. The first kappa shape index (κ1) is 39.6. The van der Waals surface area contributed by atoms with Crippen LogP contribution in [0.15, 0.2) is 58.5 Å². The molecule has 5 rings (SSSR count). The largest absolute Gasteiger partial charge is 0.497 e. The molecule has 2 aromatic carbocycles. The summed E-state index contributed by atoms with van der Waals surface area (Å²) in [6.07, 6.45) is 2.26. The number of hydrogen-bond donors (Lipinski definition) is 1. The van der Waals surface area contributed by atoms with Gasteiger partial charge in [-0.25, -0.2) is 9.98 Å². The van der Waals surface area contributed by atoms with Gasteiger partial charge < -0.3 is 29.2 Å². The minimum Gasteiger partial charge on any atom is -0.497 e. The predicted octanol–water partition coefficient (Wildman–Crippen LogP) is 4.18. The monoisotopic (exact) mass is 728 g/mol. The maximum Gasteiger partial charge on any atom is 0.264 e. The van der Waals surface area contributed by atoms with Crippen LogP contribution in [0.4, 0.5) is 0 Å². The maximum atomic E-state index is 12.6. The molecule has 3 aliphatic heterocycles. The van der Waals surface area contributed by atoms with E-state index in [2.05, 4.69) is 5.32 Å². The molecular formula is C37H52N4O9S. The van der Waals surface area contributed by atoms with Gasteiger partial charge in [-0.2, -0.15) is 8.42 Å². The molecule has 0 bridgehead atoms. The summed E-state index contributed by atoms with van der Waals surface area (Å²) in [5.74, 6) is 2.70. The molecule has 0 radical (unpaired) electrons. The highest BCUT2D eigenvalue weighted by molar-refractivity contribution is 7.85. The number of fused-ring (bicyclic) bond motifs is 1. The molecule has 1 N–H and O–H groups in total. The number of methoxy groups -OCH3 is 4. The van der Waals surface area contributed by atoms with Gasteiger partial charge in [0.15, 0.2) is 0 Å². The van der Waals surface area contributed by atoms with Crippen molar-refractivity contribution in [2.75, 3.05) is 47.8 Å². The van der Waals surface area contributed by atoms with Crippen LogP contribution in [0.2, 0.25) is 0 Å². The summed E-state index contributed by atoms with van der Waals surface area (Å²) in [5, 5.41) is 2.90. The van der Waals surface area contributed by atoms with Crippen LogP contribution in [-0.4, -0.2) is 109 Å². The van der Waals surface area contributed by atoms with Crippen molar-refractivity contribution in [3.63, 3.8) is 0 Å². The molecule has 0 saturated carbocycles. The number of nitrogens with one attached hydrogen (secondary N) is 1. The van der Waals surface area contributed by atoms with Crippen molar-refractivity contribution in [1.29, 1.82) is 0 Å². The van der Waals surface area contributed by atoms with Gasteiger partial charge in [0.1, 0.15) is 35.7 Å². The van der Waals surface area contributed by atoms with E-state index < -0.39 is 22.2 Å². The topological polar surface area (TPSA) is 154 Å². The van der Waals surface area contributed by atoms with Gasteiger partial charge >= 0.3 is 0 Å². The van der Waals surface area contributed by atoms with Crippen LogP contribution < -0.4 is 14.8 Å². The van der Waals surface area contributed by atoms with Gasteiger partial charge in [0.2, 0.25) is 23.6 Å². The number of rotatable bonds is 11. The molecule has 0 spiro atoms. The van der Waals surface area contributed by atoms with Crippen LogP contribution >= 0.6 is 0 Å². The summed E-state index contributed by atoms with van der Waals surface area (Å²) < 4.78 is 49.3. The van der Waals surface area contributed by atoms with Crippen LogP contribution in [0, 0.1) is 11.8 Å². The molecule has 2 amide bonds. The summed E-state index contributed by atoms with van der Waals surface area (Å²) in [6.45, 7) is 8.67. The number of carbonyl (C=O) groups excluding carboxylic acids is 2. The van der Waals surface area contributed by atoms with E-state index in [-0.39, 0.29) is 54.2 Å². The predicted molar refractivity (Wildman–Crippen MR) is 195 cm³/mol. The van der Waals surface area contributed by atoms with Crippen molar-refractivity contribution in [2.45, 2.75) is 76.5 Å². The van der Waals surface area contributed by atoms with E-state index in [1.165, 1.54) is 0 Å². The van der Waals surface area contributed by atoms with Gasteiger partial charge in [0.05, 0.1) is 41.3 Å². The highest BCUT2D eigenvalue weighted by Gasteiger charge is 2.49. The van der Waals surface area contributed by atoms with Crippen LogP contribution in [-0.2, 0) is 33.4 Å². The number of hydrogen-bond acceptors (Lipinski definition) is 11. The van der Waals surface area contributed by atoms with Crippen LogP contribution in [0.3, 0.4) is 0 Å². The van der Waals surface area contributed by atoms with Crippen molar-refractivity contribution >= 4 is 33.7 Å². The highest BCUT2D eigenvalue weighted by atomic mass is 32.2. The molecular weight excluding hydrogens is 676 g/mol. The SMILES string of the molecule is COC1=NC(C(CCOS(C)(=O)=O)c2ccc(OC)cc2)C(OC)=NC1C(C)C.COc1ccc(C2CCN3C(=O)C(C(C)C)NC(=O)C23)cc1. The van der Waals surface area contributed by atoms with E-state index in [9.17, 15) is 18.0 Å². The average Bonchev–Trinajstić information content (AvgIpc) is 3.57. The van der Waals surface area contributed by atoms with E-state index in [0.717, 1.165) is 35.3 Å². The summed E-state index contributed by atoms with van der Waals surface area (Å²) in [5.41, 5.74) is 2.03. The van der Waals surface area contributed by atoms with Crippen LogP contribution in [0.5, 0.6) is 11.5 Å². The van der Waals surface area contributed by atoms with Gasteiger partial charge in [-0.1, -0.05) is 52.0 Å². The number of amides is 2. The second-order valence-corrected chi connectivity index (χ2v) is 15.2. The Labute approximate surface area is 301 Å². The molecule has 6 atom stereocenters. The molecule has 0 aliphatic carbocycles. The van der Waals surface area contributed by atoms with E-state index in [0.29, 0.717) is 24.8 Å². The second kappa shape index (κ2) is 17.4. The Morgan fingerprint density at radius 3 is 1.86 bits per heavy atom. The van der Waals surface area contributed by atoms with Gasteiger partial charge in [0, 0.05) is 18.4 Å². The molecule has 3 heterocycles. The minimum atomic E-state index is -3.54. The molecule has 3 aliphatic rings. The smallest absolute Gasteiger partial charge is 0.264 e. The van der Waals surface area contributed by atoms with Crippen LogP contribution in [0.1, 0.15) is 63.5 Å². The third-order valence-electron chi connectivity index (χ3n) is 9.46. The average molecular weight is 729 g/mol. The summed E-state index contributed by atoms with van der Waals surface area (Å²) >= 11 is 0. The Hall–Kier alpha value is -4.17. The first-order valence-electron chi connectivity index (χ1n) is 17.2. The summed E-state index contributed by atoms with van der Waals surface area (Å²) in [6, 6.07) is 13.9. The molecule has 6 unspecified atom stereocenters. The maximum absolute atomic E-state index is 12.6. The Kier molecular flexibility index (Phi) is 13.5. The zero-order chi connectivity index (χ0) is 37.5. The Morgan fingerprint density at radius 1 is 0.804 bits per heavy atom. The number of piperazine rings is 1. The Balaban J connectivity index is 0.000000237. The fraction of sp³-hybridized carbons (Fsp3) is 0.568. The number of ether oxygens (including phenoxy) is 4. The number of carbonyl (C=O) groups is 2. The highest BCUT2D eigenvalue weighted by Crippen LogP contribution is 2.37. The van der Waals surface area contributed by atoms with E-state index in [4.69, 9.17) is 33.1 Å². The van der Waals surface area contributed by atoms with E-state index in [1.54, 1.807) is 33.3 Å². The van der Waals surface area contributed by atoms with E-state index in [1.807, 2.05) is 76.2 Å². The molecule has 2 fully saturated rings. The van der Waals surface area contributed by atoms with Crippen molar-refractivity contribution in [3.05, 3.63) is 59.7 Å². The molecule has 51 heavy (non-hydrogen) atoms.